The molecule has 1 unspecified atom stereocenters. The molecular weight excluding hydrogens is 230 g/mol. The number of carbonyl (C=O) groups is 2. The monoisotopic (exact) mass is 249 g/mol. The summed E-state index contributed by atoms with van der Waals surface area (Å²) in [7, 11) is 1.84. The normalized spacial score (nSPS) is 19.1. The molecule has 94 valence electrons. The molecular formula is C10H20ClN3O2. The summed E-state index contributed by atoms with van der Waals surface area (Å²) in [4.78, 5) is 24.6. The Morgan fingerprint density at radius 2 is 2.06 bits per heavy atom. The second-order valence-electron chi connectivity index (χ2n) is 3.77. The van der Waals surface area contributed by atoms with Crippen LogP contribution in [0.25, 0.3) is 0 Å². The fraction of sp³-hybridized carbons (Fsp3) is 0.800. The lowest BCUT2D eigenvalue weighted by atomic mass is 10.2. The van der Waals surface area contributed by atoms with Gasteiger partial charge < -0.3 is 15.5 Å². The first-order chi connectivity index (χ1) is 7.16. The molecule has 1 heterocycles. The van der Waals surface area contributed by atoms with Gasteiger partial charge in [-0.1, -0.05) is 0 Å². The number of nitrogens with zero attached hydrogens (tertiary/aromatic N) is 1. The van der Waals surface area contributed by atoms with E-state index >= 15 is 0 Å². The number of rotatable bonds is 4. The molecule has 1 rings (SSSR count). The second kappa shape index (κ2) is 7.46. The number of likely N-dealkylation sites (N-methyl/N-ethyl adjacent to an activating group) is 1. The molecule has 1 saturated heterocycles. The first-order valence-electron chi connectivity index (χ1n) is 5.36. The van der Waals surface area contributed by atoms with Crippen molar-refractivity contribution in [3.8, 4) is 0 Å². The van der Waals surface area contributed by atoms with Gasteiger partial charge in [0.1, 0.15) is 6.04 Å². The van der Waals surface area contributed by atoms with Crippen LogP contribution in [0.2, 0.25) is 0 Å². The minimum absolute atomic E-state index is 0. The molecule has 1 aliphatic rings. The van der Waals surface area contributed by atoms with Gasteiger partial charge in [-0.15, -0.1) is 12.4 Å². The summed E-state index contributed by atoms with van der Waals surface area (Å²) < 4.78 is 0. The third-order valence-electron chi connectivity index (χ3n) is 2.63. The van der Waals surface area contributed by atoms with Crippen molar-refractivity contribution in [2.24, 2.45) is 0 Å². The highest BCUT2D eigenvalue weighted by atomic mass is 35.5. The van der Waals surface area contributed by atoms with Crippen LogP contribution in [0.5, 0.6) is 0 Å². The topological polar surface area (TPSA) is 61.4 Å². The first kappa shape index (κ1) is 15.2. The van der Waals surface area contributed by atoms with E-state index in [0.29, 0.717) is 13.1 Å². The lowest BCUT2D eigenvalue weighted by Crippen LogP contribution is -2.46. The summed E-state index contributed by atoms with van der Waals surface area (Å²) in [5.41, 5.74) is 0. The van der Waals surface area contributed by atoms with Gasteiger partial charge in [0.05, 0.1) is 0 Å². The van der Waals surface area contributed by atoms with E-state index < -0.39 is 0 Å². The lowest BCUT2D eigenvalue weighted by Gasteiger charge is -2.22. The summed E-state index contributed by atoms with van der Waals surface area (Å²) >= 11 is 0. The number of hydrogen-bond acceptors (Lipinski definition) is 3. The number of halogens is 1. The van der Waals surface area contributed by atoms with Crippen molar-refractivity contribution in [1.82, 2.24) is 15.5 Å². The summed E-state index contributed by atoms with van der Waals surface area (Å²) in [5.74, 6) is -0.0424. The molecule has 0 aromatic heterocycles. The number of amides is 2. The Kier molecular flexibility index (Phi) is 7.08. The fourth-order valence-electron chi connectivity index (χ4n) is 1.84. The van der Waals surface area contributed by atoms with Crippen molar-refractivity contribution >= 4 is 24.2 Å². The van der Waals surface area contributed by atoms with Crippen molar-refractivity contribution in [1.29, 1.82) is 0 Å². The van der Waals surface area contributed by atoms with Gasteiger partial charge in [-0.25, -0.2) is 0 Å². The Morgan fingerprint density at radius 3 is 2.62 bits per heavy atom. The summed E-state index contributed by atoms with van der Waals surface area (Å²) in [6.45, 7) is 3.58. The Balaban J connectivity index is 0.00000225. The second-order valence-corrected chi connectivity index (χ2v) is 3.77. The molecule has 2 N–H and O–H groups in total. The van der Waals surface area contributed by atoms with Crippen molar-refractivity contribution in [2.75, 3.05) is 26.7 Å². The van der Waals surface area contributed by atoms with Gasteiger partial charge in [-0.3, -0.25) is 9.59 Å². The largest absolute Gasteiger partial charge is 0.353 e. The van der Waals surface area contributed by atoms with Crippen molar-refractivity contribution in [3.05, 3.63) is 0 Å². The third kappa shape index (κ3) is 3.98. The number of hydrogen-bond donors (Lipinski definition) is 2. The molecule has 0 radical (unpaired) electrons. The molecule has 0 spiro atoms. The van der Waals surface area contributed by atoms with Crippen molar-refractivity contribution in [2.45, 2.75) is 25.8 Å². The molecule has 0 aliphatic carbocycles. The zero-order valence-electron chi connectivity index (χ0n) is 9.78. The van der Waals surface area contributed by atoms with Gasteiger partial charge in [-0.05, 0) is 19.9 Å². The van der Waals surface area contributed by atoms with Gasteiger partial charge >= 0.3 is 0 Å². The van der Waals surface area contributed by atoms with E-state index in [0.717, 1.165) is 19.4 Å². The SMILES string of the molecule is CNCCNC(=O)C1CCCN1C(C)=O.Cl. The zero-order valence-corrected chi connectivity index (χ0v) is 10.6. The van der Waals surface area contributed by atoms with Crippen LogP contribution < -0.4 is 10.6 Å². The predicted octanol–water partition coefficient (Wildman–Crippen LogP) is -0.245. The van der Waals surface area contributed by atoms with Gasteiger partial charge in [-0.2, -0.15) is 0 Å². The average Bonchev–Trinajstić information content (AvgIpc) is 2.66. The van der Waals surface area contributed by atoms with Crippen LogP contribution in [0.4, 0.5) is 0 Å². The fourth-order valence-corrected chi connectivity index (χ4v) is 1.84. The predicted molar refractivity (Wildman–Crippen MR) is 64.6 cm³/mol. The highest BCUT2D eigenvalue weighted by molar-refractivity contribution is 5.87. The number of likely N-dealkylation sites (tertiary alicyclic amines) is 1. The van der Waals surface area contributed by atoms with E-state index in [-0.39, 0.29) is 30.3 Å². The maximum Gasteiger partial charge on any atom is 0.242 e. The quantitative estimate of drug-likeness (QED) is 0.676. The molecule has 0 bridgehead atoms. The molecule has 5 nitrogen and oxygen atoms in total. The number of nitrogens with one attached hydrogen (secondary N) is 2. The van der Waals surface area contributed by atoms with Crippen LogP contribution in [-0.2, 0) is 9.59 Å². The van der Waals surface area contributed by atoms with E-state index in [1.807, 2.05) is 7.05 Å². The Hall–Kier alpha value is -0.810. The molecule has 0 aromatic carbocycles. The number of carbonyl (C=O) groups excluding carboxylic acids is 2. The molecule has 0 saturated carbocycles. The van der Waals surface area contributed by atoms with Crippen LogP contribution in [0.3, 0.4) is 0 Å². The first-order valence-corrected chi connectivity index (χ1v) is 5.36. The zero-order chi connectivity index (χ0) is 11.3. The third-order valence-corrected chi connectivity index (χ3v) is 2.63. The van der Waals surface area contributed by atoms with Crippen molar-refractivity contribution in [3.63, 3.8) is 0 Å². The van der Waals surface area contributed by atoms with Crippen LogP contribution in [-0.4, -0.2) is 49.4 Å². The minimum atomic E-state index is -0.251. The molecule has 6 heteroatoms. The molecule has 1 fully saturated rings. The Morgan fingerprint density at radius 1 is 1.38 bits per heavy atom. The molecule has 16 heavy (non-hydrogen) atoms. The van der Waals surface area contributed by atoms with Gasteiger partial charge in [0, 0.05) is 26.6 Å². The van der Waals surface area contributed by atoms with E-state index in [1.165, 1.54) is 6.92 Å². The van der Waals surface area contributed by atoms with Crippen LogP contribution in [0.15, 0.2) is 0 Å². The highest BCUT2D eigenvalue weighted by Gasteiger charge is 2.31. The van der Waals surface area contributed by atoms with E-state index in [9.17, 15) is 9.59 Å². The minimum Gasteiger partial charge on any atom is -0.353 e. The van der Waals surface area contributed by atoms with E-state index in [2.05, 4.69) is 10.6 Å². The van der Waals surface area contributed by atoms with Crippen LogP contribution in [0.1, 0.15) is 19.8 Å². The molecule has 2 amide bonds. The van der Waals surface area contributed by atoms with Crippen LogP contribution >= 0.6 is 12.4 Å². The Labute approximate surface area is 102 Å². The van der Waals surface area contributed by atoms with Gasteiger partial charge in [0.2, 0.25) is 11.8 Å². The smallest absolute Gasteiger partial charge is 0.242 e. The Bertz CT molecular complexity index is 248. The molecule has 1 atom stereocenters. The van der Waals surface area contributed by atoms with E-state index in [1.54, 1.807) is 4.90 Å². The van der Waals surface area contributed by atoms with Crippen LogP contribution in [0, 0.1) is 0 Å². The highest BCUT2D eigenvalue weighted by Crippen LogP contribution is 2.16. The summed E-state index contributed by atoms with van der Waals surface area (Å²) in [6, 6.07) is -0.251. The standard InChI is InChI=1S/C10H19N3O2.ClH/c1-8(14)13-7-3-4-9(13)10(15)12-6-5-11-2;/h9,11H,3-7H2,1-2H3,(H,12,15);1H. The summed E-state index contributed by atoms with van der Waals surface area (Å²) in [6.07, 6.45) is 1.70. The maximum atomic E-state index is 11.7. The average molecular weight is 250 g/mol. The molecule has 1 aliphatic heterocycles. The van der Waals surface area contributed by atoms with Crippen molar-refractivity contribution < 1.29 is 9.59 Å². The summed E-state index contributed by atoms with van der Waals surface area (Å²) in [5, 5.41) is 5.77. The van der Waals surface area contributed by atoms with E-state index in [4.69, 9.17) is 0 Å². The van der Waals surface area contributed by atoms with Gasteiger partial charge in [0.15, 0.2) is 0 Å². The van der Waals surface area contributed by atoms with Gasteiger partial charge in [0.25, 0.3) is 0 Å². The molecule has 0 aromatic rings. The lowest BCUT2D eigenvalue weighted by molar-refractivity contribution is -0.136. The maximum absolute atomic E-state index is 11.7.